The quantitative estimate of drug-likeness (QED) is 0.440. The van der Waals surface area contributed by atoms with Gasteiger partial charge in [-0.05, 0) is 41.5 Å². The Bertz CT molecular complexity index is 406. The third-order valence-corrected chi connectivity index (χ3v) is 5.04. The summed E-state index contributed by atoms with van der Waals surface area (Å²) in [6.45, 7) is 21.2. The highest BCUT2D eigenvalue weighted by Crippen LogP contribution is 2.26. The van der Waals surface area contributed by atoms with Gasteiger partial charge in [0.15, 0.2) is 6.10 Å². The molecule has 0 bridgehead atoms. The molecule has 0 radical (unpaired) electrons. The Morgan fingerprint density at radius 2 is 1.12 bits per heavy atom. The second-order valence-electron chi connectivity index (χ2n) is 8.46. The molecule has 0 aliphatic carbocycles. The smallest absolute Gasteiger partial charge is 0.308 e. The van der Waals surface area contributed by atoms with E-state index in [1.54, 1.807) is 13.8 Å². The Hall–Kier alpha value is -1.10. The first-order chi connectivity index (χ1) is 11.4. The largest absolute Gasteiger partial charge is 0.461 e. The summed E-state index contributed by atoms with van der Waals surface area (Å²) in [5, 5.41) is 0. The van der Waals surface area contributed by atoms with Crippen LogP contribution in [-0.2, 0) is 19.1 Å². The van der Waals surface area contributed by atoms with Crippen molar-refractivity contribution in [2.45, 2.75) is 93.5 Å². The van der Waals surface area contributed by atoms with E-state index >= 15 is 0 Å². The molecular formula is C20H40NO4+. The van der Waals surface area contributed by atoms with Gasteiger partial charge < -0.3 is 14.0 Å². The molecule has 0 N–H and O–H groups in total. The van der Waals surface area contributed by atoms with Crippen molar-refractivity contribution in [1.82, 2.24) is 0 Å². The molecule has 0 aromatic heterocycles. The number of esters is 2. The van der Waals surface area contributed by atoms with E-state index in [4.69, 9.17) is 9.47 Å². The van der Waals surface area contributed by atoms with E-state index in [9.17, 15) is 9.59 Å². The van der Waals surface area contributed by atoms with Gasteiger partial charge in [-0.3, -0.25) is 9.59 Å². The van der Waals surface area contributed by atoms with Crippen LogP contribution in [0.3, 0.4) is 0 Å². The van der Waals surface area contributed by atoms with Crippen LogP contribution in [0.15, 0.2) is 0 Å². The molecule has 0 spiro atoms. The third-order valence-electron chi connectivity index (χ3n) is 5.04. The van der Waals surface area contributed by atoms with Crippen molar-refractivity contribution in [3.05, 3.63) is 0 Å². The molecule has 0 aromatic carbocycles. The lowest BCUT2D eigenvalue weighted by molar-refractivity contribution is -0.987. The highest BCUT2D eigenvalue weighted by Gasteiger charge is 2.41. The lowest BCUT2D eigenvalue weighted by Crippen LogP contribution is -2.65. The van der Waals surface area contributed by atoms with Crippen LogP contribution in [0.25, 0.3) is 0 Å². The molecule has 0 saturated heterocycles. The predicted molar refractivity (Wildman–Crippen MR) is 101 cm³/mol. The van der Waals surface area contributed by atoms with Crippen molar-refractivity contribution in [1.29, 1.82) is 0 Å². The fourth-order valence-electron chi connectivity index (χ4n) is 3.54. The topological polar surface area (TPSA) is 52.6 Å². The van der Waals surface area contributed by atoms with Crippen molar-refractivity contribution in [2.24, 2.45) is 11.8 Å². The molecule has 1 unspecified atom stereocenters. The maximum atomic E-state index is 12.2. The summed E-state index contributed by atoms with van der Waals surface area (Å²) in [6.07, 6.45) is -0.440. The van der Waals surface area contributed by atoms with E-state index in [-0.39, 0.29) is 30.4 Å². The number of nitrogens with zero attached hydrogens (tertiary/aromatic N) is 1. The summed E-state index contributed by atoms with van der Waals surface area (Å²) in [7, 11) is 0. The van der Waals surface area contributed by atoms with Gasteiger partial charge in [0.25, 0.3) is 0 Å². The number of carbonyl (C=O) groups is 2. The lowest BCUT2D eigenvalue weighted by Gasteiger charge is -2.50. The monoisotopic (exact) mass is 358 g/mol. The van der Waals surface area contributed by atoms with Crippen LogP contribution < -0.4 is 0 Å². The molecule has 0 aliphatic rings. The normalized spacial score (nSPS) is 13.9. The second-order valence-corrected chi connectivity index (χ2v) is 8.46. The SMILES string of the molecule is CC(C)C(=O)OCC(C[N+](C(C)C)(C(C)C)C(C)C)OC(=O)C(C)C. The summed E-state index contributed by atoms with van der Waals surface area (Å²) in [5.74, 6) is -0.911. The maximum absolute atomic E-state index is 12.2. The molecule has 25 heavy (non-hydrogen) atoms. The Labute approximate surface area is 154 Å². The van der Waals surface area contributed by atoms with Gasteiger partial charge in [0.05, 0.1) is 30.0 Å². The van der Waals surface area contributed by atoms with Crippen molar-refractivity contribution in [2.75, 3.05) is 13.2 Å². The Balaban J connectivity index is 5.47. The van der Waals surface area contributed by atoms with Gasteiger partial charge in [0, 0.05) is 0 Å². The minimum absolute atomic E-state index is 0.113. The molecule has 5 heteroatoms. The van der Waals surface area contributed by atoms with Crippen LogP contribution in [0.5, 0.6) is 0 Å². The average Bonchev–Trinajstić information content (AvgIpc) is 2.47. The first kappa shape index (κ1) is 23.9. The Kier molecular flexibility index (Phi) is 9.70. The highest BCUT2D eigenvalue weighted by atomic mass is 16.6. The molecular weight excluding hydrogens is 318 g/mol. The average molecular weight is 359 g/mol. The molecule has 0 saturated carbocycles. The lowest BCUT2D eigenvalue weighted by atomic mass is 10.0. The fourth-order valence-corrected chi connectivity index (χ4v) is 3.54. The minimum Gasteiger partial charge on any atom is -0.461 e. The number of hydrogen-bond acceptors (Lipinski definition) is 4. The number of quaternary nitrogens is 1. The van der Waals surface area contributed by atoms with Gasteiger partial charge in [-0.2, -0.15) is 0 Å². The Morgan fingerprint density at radius 1 is 0.720 bits per heavy atom. The summed E-state index contributed by atoms with van der Waals surface area (Å²) >= 11 is 0. The van der Waals surface area contributed by atoms with E-state index < -0.39 is 6.10 Å². The highest BCUT2D eigenvalue weighted by molar-refractivity contribution is 5.72. The number of rotatable bonds is 10. The van der Waals surface area contributed by atoms with Crippen LogP contribution in [0.1, 0.15) is 69.2 Å². The van der Waals surface area contributed by atoms with Crippen molar-refractivity contribution < 1.29 is 23.5 Å². The number of carbonyl (C=O) groups excluding carboxylic acids is 2. The summed E-state index contributed by atoms with van der Waals surface area (Å²) < 4.78 is 11.9. The van der Waals surface area contributed by atoms with Crippen molar-refractivity contribution in [3.63, 3.8) is 0 Å². The van der Waals surface area contributed by atoms with E-state index in [1.165, 1.54) is 0 Å². The van der Waals surface area contributed by atoms with E-state index in [0.717, 1.165) is 4.48 Å². The van der Waals surface area contributed by atoms with Crippen LogP contribution >= 0.6 is 0 Å². The third kappa shape index (κ3) is 6.61. The van der Waals surface area contributed by atoms with E-state index in [1.807, 2.05) is 13.8 Å². The van der Waals surface area contributed by atoms with Crippen molar-refractivity contribution >= 4 is 11.9 Å². The maximum Gasteiger partial charge on any atom is 0.308 e. The van der Waals surface area contributed by atoms with Crippen LogP contribution in [0.2, 0.25) is 0 Å². The zero-order valence-electron chi connectivity index (χ0n) is 18.0. The summed E-state index contributed by atoms with van der Waals surface area (Å²) in [4.78, 5) is 24.0. The molecule has 0 amide bonds. The first-order valence-corrected chi connectivity index (χ1v) is 9.60. The van der Waals surface area contributed by atoms with Gasteiger partial charge in [0.1, 0.15) is 13.2 Å². The van der Waals surface area contributed by atoms with Crippen LogP contribution in [0.4, 0.5) is 0 Å². The first-order valence-electron chi connectivity index (χ1n) is 9.60. The van der Waals surface area contributed by atoms with E-state index in [0.29, 0.717) is 24.7 Å². The molecule has 1 atom stereocenters. The second kappa shape index (κ2) is 10.1. The summed E-state index contributed by atoms with van der Waals surface area (Å²) in [6, 6.07) is 1.09. The number of ether oxygens (including phenoxy) is 2. The standard InChI is InChI=1S/C20H40NO4/c1-13(2)19(22)24-12-18(25-20(23)14(3)4)11-21(15(5)6,16(7)8)17(9)10/h13-18H,11-12H2,1-10H3/q+1. The van der Waals surface area contributed by atoms with Gasteiger partial charge in [-0.1, -0.05) is 27.7 Å². The zero-order chi connectivity index (χ0) is 19.9. The molecule has 148 valence electrons. The van der Waals surface area contributed by atoms with Gasteiger partial charge in [-0.25, -0.2) is 0 Å². The molecule has 5 nitrogen and oxygen atoms in total. The minimum atomic E-state index is -0.440. The van der Waals surface area contributed by atoms with Crippen molar-refractivity contribution in [3.8, 4) is 0 Å². The number of hydrogen-bond donors (Lipinski definition) is 0. The molecule has 0 aliphatic heterocycles. The van der Waals surface area contributed by atoms with Gasteiger partial charge >= 0.3 is 11.9 Å². The van der Waals surface area contributed by atoms with Crippen LogP contribution in [-0.4, -0.2) is 53.8 Å². The molecule has 0 rings (SSSR count). The summed E-state index contributed by atoms with van der Waals surface area (Å²) in [5.41, 5.74) is 0. The van der Waals surface area contributed by atoms with Gasteiger partial charge in [0.2, 0.25) is 0 Å². The predicted octanol–water partition coefficient (Wildman–Crippen LogP) is 3.80. The van der Waals surface area contributed by atoms with Gasteiger partial charge in [-0.15, -0.1) is 0 Å². The van der Waals surface area contributed by atoms with Crippen LogP contribution in [0, 0.1) is 11.8 Å². The fraction of sp³-hybridized carbons (Fsp3) is 0.900. The molecule has 0 heterocycles. The van der Waals surface area contributed by atoms with E-state index in [2.05, 4.69) is 41.5 Å². The Morgan fingerprint density at radius 3 is 1.44 bits per heavy atom. The zero-order valence-corrected chi connectivity index (χ0v) is 18.0. The molecule has 0 fully saturated rings. The molecule has 0 aromatic rings.